The summed E-state index contributed by atoms with van der Waals surface area (Å²) < 4.78 is 52.7. The van der Waals surface area contributed by atoms with Crippen LogP contribution in [0.1, 0.15) is 26.1 Å². The van der Waals surface area contributed by atoms with Crippen molar-refractivity contribution in [1.29, 1.82) is 0 Å². The van der Waals surface area contributed by atoms with Gasteiger partial charge in [0.25, 0.3) is 5.56 Å². The van der Waals surface area contributed by atoms with Gasteiger partial charge in [-0.2, -0.15) is 9.37 Å². The number of aromatic hydroxyl groups is 1. The van der Waals surface area contributed by atoms with Crippen molar-refractivity contribution in [2.45, 2.75) is 36.5 Å². The molecule has 4 aromatic rings. The summed E-state index contributed by atoms with van der Waals surface area (Å²) in [7, 11) is -1.69. The van der Waals surface area contributed by atoms with Gasteiger partial charge in [-0.05, 0) is 54.3 Å². The van der Waals surface area contributed by atoms with Crippen LogP contribution >= 0.6 is 0 Å². The molecule has 0 saturated carbocycles. The molecule has 1 N–H and O–H groups in total. The molecule has 11 heteroatoms. The molecule has 204 valence electrons. The molecule has 9 nitrogen and oxygen atoms in total. The number of ether oxygens (including phenoxy) is 2. The van der Waals surface area contributed by atoms with E-state index in [-0.39, 0.29) is 40.2 Å². The standard InChI is InChI=1S/C28H28FN3O6S/c1-17(2)8-15-24-31-27(33)26(28(34)32(24)25-21(37-3)6-5-7-22(25)38-4)39(35,36)20-12-9-18(10-13-20)19-11-14-23(29)30-16-19/h5-7,9-14,16-17,33H,8,15H2,1-4H3. The van der Waals surface area contributed by atoms with E-state index < -0.39 is 32.1 Å². The minimum atomic E-state index is -4.53. The lowest BCUT2D eigenvalue weighted by atomic mass is 10.1. The van der Waals surface area contributed by atoms with Gasteiger partial charge in [0.2, 0.25) is 21.7 Å². The molecule has 2 aromatic carbocycles. The highest BCUT2D eigenvalue weighted by Crippen LogP contribution is 2.34. The summed E-state index contributed by atoms with van der Waals surface area (Å²) in [5.41, 5.74) is 0.347. The van der Waals surface area contributed by atoms with Gasteiger partial charge in [0.1, 0.15) is 23.0 Å². The normalized spacial score (nSPS) is 11.5. The molecule has 0 saturated heterocycles. The van der Waals surface area contributed by atoms with Crippen molar-refractivity contribution in [3.05, 3.63) is 82.9 Å². The second-order valence-corrected chi connectivity index (χ2v) is 11.0. The number of hydrogen-bond acceptors (Lipinski definition) is 8. The lowest BCUT2D eigenvalue weighted by molar-refractivity contribution is 0.386. The molecule has 39 heavy (non-hydrogen) atoms. The molecule has 0 aliphatic carbocycles. The molecule has 0 aliphatic heterocycles. The number of methoxy groups -OCH3 is 2. The van der Waals surface area contributed by atoms with Crippen LogP contribution in [0.25, 0.3) is 16.8 Å². The van der Waals surface area contributed by atoms with E-state index in [1.54, 1.807) is 18.2 Å². The molecular weight excluding hydrogens is 525 g/mol. The minimum absolute atomic E-state index is 0.159. The molecule has 4 rings (SSSR count). The predicted molar refractivity (Wildman–Crippen MR) is 143 cm³/mol. The molecule has 0 amide bonds. The zero-order valence-corrected chi connectivity index (χ0v) is 22.7. The van der Waals surface area contributed by atoms with E-state index in [0.29, 0.717) is 17.5 Å². The van der Waals surface area contributed by atoms with Crippen LogP contribution < -0.4 is 15.0 Å². The van der Waals surface area contributed by atoms with E-state index in [1.165, 1.54) is 56.8 Å². The molecule has 0 radical (unpaired) electrons. The highest BCUT2D eigenvalue weighted by molar-refractivity contribution is 7.91. The van der Waals surface area contributed by atoms with Crippen molar-refractivity contribution in [3.8, 4) is 34.2 Å². The first kappa shape index (κ1) is 27.8. The highest BCUT2D eigenvalue weighted by Gasteiger charge is 2.31. The fourth-order valence-electron chi connectivity index (χ4n) is 4.13. The average molecular weight is 554 g/mol. The number of sulfone groups is 1. The van der Waals surface area contributed by atoms with Crippen molar-refractivity contribution in [2.75, 3.05) is 14.2 Å². The summed E-state index contributed by atoms with van der Waals surface area (Å²) in [6.07, 6.45) is 2.22. The molecule has 0 aliphatic rings. The second kappa shape index (κ2) is 11.2. The topological polar surface area (TPSA) is 121 Å². The number of aryl methyl sites for hydroxylation is 1. The smallest absolute Gasteiger partial charge is 0.281 e. The summed E-state index contributed by atoms with van der Waals surface area (Å²) in [6, 6.07) is 13.2. The molecule has 0 fully saturated rings. The van der Waals surface area contributed by atoms with Crippen molar-refractivity contribution in [3.63, 3.8) is 0 Å². The predicted octanol–water partition coefficient (Wildman–Crippen LogP) is 4.58. The SMILES string of the molecule is COc1cccc(OC)c1-n1c(CCC(C)C)nc(O)c(S(=O)(=O)c2ccc(-c3ccc(F)nc3)cc2)c1=O. The third kappa shape index (κ3) is 5.49. The molecule has 0 unspecified atom stereocenters. The van der Waals surface area contributed by atoms with Gasteiger partial charge in [-0.15, -0.1) is 0 Å². The van der Waals surface area contributed by atoms with E-state index >= 15 is 0 Å². The van der Waals surface area contributed by atoms with Gasteiger partial charge < -0.3 is 14.6 Å². The number of benzene rings is 2. The zero-order valence-electron chi connectivity index (χ0n) is 21.9. The van der Waals surface area contributed by atoms with Crippen LogP contribution in [0.2, 0.25) is 0 Å². The Balaban J connectivity index is 1.92. The van der Waals surface area contributed by atoms with Crippen LogP contribution in [0.3, 0.4) is 0 Å². The van der Waals surface area contributed by atoms with E-state index in [0.717, 1.165) is 4.57 Å². The lowest BCUT2D eigenvalue weighted by Crippen LogP contribution is -2.30. The Hall–Kier alpha value is -4.25. The minimum Gasteiger partial charge on any atom is -0.494 e. The highest BCUT2D eigenvalue weighted by atomic mass is 32.2. The van der Waals surface area contributed by atoms with E-state index in [9.17, 15) is 22.7 Å². The van der Waals surface area contributed by atoms with Gasteiger partial charge >= 0.3 is 0 Å². The Kier molecular flexibility index (Phi) is 8.01. The van der Waals surface area contributed by atoms with Gasteiger partial charge in [-0.3, -0.25) is 9.36 Å². The van der Waals surface area contributed by atoms with Gasteiger partial charge in [-0.25, -0.2) is 13.4 Å². The molecule has 2 aromatic heterocycles. The molecular formula is C28H28FN3O6S. The molecule has 0 spiro atoms. The summed E-state index contributed by atoms with van der Waals surface area (Å²) in [5, 5.41) is 10.8. The summed E-state index contributed by atoms with van der Waals surface area (Å²) in [5.74, 6) is -0.607. The third-order valence-corrected chi connectivity index (χ3v) is 7.95. The number of halogens is 1. The van der Waals surface area contributed by atoms with Crippen molar-refractivity contribution >= 4 is 9.84 Å². The average Bonchev–Trinajstić information content (AvgIpc) is 2.91. The molecule has 0 bridgehead atoms. The summed E-state index contributed by atoms with van der Waals surface area (Å²) >= 11 is 0. The monoisotopic (exact) mass is 553 g/mol. The maximum absolute atomic E-state index is 14.0. The quantitative estimate of drug-likeness (QED) is 0.299. The van der Waals surface area contributed by atoms with E-state index in [4.69, 9.17) is 9.47 Å². The number of hydrogen-bond donors (Lipinski definition) is 1. The maximum atomic E-state index is 14.0. The molecule has 2 heterocycles. The van der Waals surface area contributed by atoms with Gasteiger partial charge in [-0.1, -0.05) is 32.0 Å². The van der Waals surface area contributed by atoms with Crippen LogP contribution in [-0.4, -0.2) is 42.3 Å². The Morgan fingerprint density at radius 3 is 2.13 bits per heavy atom. The first-order valence-corrected chi connectivity index (χ1v) is 13.6. The van der Waals surface area contributed by atoms with Gasteiger partial charge in [0.05, 0.1) is 19.1 Å². The Morgan fingerprint density at radius 1 is 0.974 bits per heavy atom. The fraction of sp³-hybridized carbons (Fsp3) is 0.250. The number of nitrogens with zero attached hydrogens (tertiary/aromatic N) is 3. The van der Waals surface area contributed by atoms with Gasteiger partial charge in [0, 0.05) is 18.2 Å². The Labute approximate surface area is 225 Å². The van der Waals surface area contributed by atoms with Crippen LogP contribution in [0, 0.1) is 11.9 Å². The fourth-order valence-corrected chi connectivity index (χ4v) is 5.47. The first-order chi connectivity index (χ1) is 18.6. The van der Waals surface area contributed by atoms with Crippen molar-refractivity contribution in [2.24, 2.45) is 5.92 Å². The Morgan fingerprint density at radius 2 is 1.59 bits per heavy atom. The Bertz CT molecular complexity index is 1630. The van der Waals surface area contributed by atoms with Crippen LogP contribution in [0.4, 0.5) is 4.39 Å². The van der Waals surface area contributed by atoms with E-state index in [2.05, 4.69) is 9.97 Å². The first-order valence-electron chi connectivity index (χ1n) is 12.1. The maximum Gasteiger partial charge on any atom is 0.281 e. The number of para-hydroxylation sites is 1. The molecule has 0 atom stereocenters. The largest absolute Gasteiger partial charge is 0.494 e. The number of pyridine rings is 1. The summed E-state index contributed by atoms with van der Waals surface area (Å²) in [4.78, 5) is 20.6. The van der Waals surface area contributed by atoms with E-state index in [1.807, 2.05) is 13.8 Å². The van der Waals surface area contributed by atoms with Crippen LogP contribution in [0.5, 0.6) is 17.4 Å². The van der Waals surface area contributed by atoms with Crippen LogP contribution in [0.15, 0.2) is 75.4 Å². The second-order valence-electron chi connectivity index (χ2n) is 9.16. The number of rotatable bonds is 9. The summed E-state index contributed by atoms with van der Waals surface area (Å²) in [6.45, 7) is 3.99. The lowest BCUT2D eigenvalue weighted by Gasteiger charge is -2.20. The van der Waals surface area contributed by atoms with Crippen LogP contribution in [-0.2, 0) is 16.3 Å². The van der Waals surface area contributed by atoms with Crippen molar-refractivity contribution in [1.82, 2.24) is 14.5 Å². The zero-order chi connectivity index (χ0) is 28.3. The van der Waals surface area contributed by atoms with Gasteiger partial charge in [0.15, 0.2) is 4.90 Å². The number of aromatic nitrogens is 3. The van der Waals surface area contributed by atoms with Crippen molar-refractivity contribution < 1.29 is 27.4 Å². The third-order valence-electron chi connectivity index (χ3n) is 6.16.